The Kier molecular flexibility index (Phi) is 10.2. The normalized spacial score (nSPS) is 13.7. The number of aryl methyl sites for hydroxylation is 1. The number of aromatic hydroxyl groups is 2. The molecule has 3 aromatic heterocycles. The third-order valence-electron chi connectivity index (χ3n) is 10.1. The molecule has 0 atom stereocenters. The second-order valence-electron chi connectivity index (χ2n) is 13.9. The van der Waals surface area contributed by atoms with E-state index in [1.54, 1.807) is 18.3 Å². The number of pyridine rings is 1. The molecule has 1 saturated heterocycles. The SMILES string of the molecule is CC(C)c1cc(C(=N)N(C(N)=O)c2ccc3c(ccn3CCC3CCN(C(=O)n4nc(C=Cc5ccccn5)c5ccc(S)cc54)CC3)c2)c(O)cc1O. The molecule has 54 heavy (non-hydrogen) atoms. The molecule has 13 heteroatoms. The van der Waals surface area contributed by atoms with Crippen LogP contribution in [0.1, 0.15) is 61.5 Å². The number of benzene rings is 3. The number of hydrogen-bond donors (Lipinski definition) is 5. The number of nitrogens with two attached hydrogens (primary N) is 1. The van der Waals surface area contributed by atoms with Crippen LogP contribution in [0.2, 0.25) is 0 Å². The molecule has 0 aliphatic carbocycles. The first-order valence-corrected chi connectivity index (χ1v) is 18.4. The monoisotopic (exact) mass is 742 g/mol. The first kappa shape index (κ1) is 36.3. The summed E-state index contributed by atoms with van der Waals surface area (Å²) in [5, 5.41) is 36.1. The molecule has 0 saturated carbocycles. The maximum atomic E-state index is 13.8. The Morgan fingerprint density at radius 2 is 1.80 bits per heavy atom. The van der Waals surface area contributed by atoms with E-state index >= 15 is 0 Å². The number of phenolic OH excluding ortho intramolecular Hbond substituents is 2. The van der Waals surface area contributed by atoms with Crippen LogP contribution < -0.4 is 10.6 Å². The standard InChI is InChI=1S/C41H42N8O4S/c1-25(2)32-23-33(38(51)24-37(32)50)39(42)48(40(43)52)29-7-11-35-27(21-29)15-20-46(35)17-12-26-13-18-47(19-14-26)41(53)49-36-22-30(54)8-9-31(36)34(45-49)10-6-28-5-3-4-16-44-28/h3-11,15-16,20-26,42,50-51,54H,12-14,17-19H2,1-2H3,(H2,43,52). The number of carbonyl (C=O) groups excluding carboxylic acids is 2. The molecule has 1 aliphatic rings. The zero-order valence-corrected chi connectivity index (χ0v) is 30.9. The van der Waals surface area contributed by atoms with Crippen LogP contribution in [0.25, 0.3) is 34.0 Å². The van der Waals surface area contributed by atoms with Gasteiger partial charge in [-0.15, -0.1) is 12.6 Å². The number of amides is 3. The molecular weight excluding hydrogens is 701 g/mol. The molecule has 3 aromatic carbocycles. The molecule has 0 unspecified atom stereocenters. The van der Waals surface area contributed by atoms with E-state index in [0.717, 1.165) is 57.6 Å². The van der Waals surface area contributed by atoms with Gasteiger partial charge in [-0.05, 0) is 109 Å². The van der Waals surface area contributed by atoms with Crippen molar-refractivity contribution in [3.05, 3.63) is 108 Å². The summed E-state index contributed by atoms with van der Waals surface area (Å²) < 4.78 is 3.66. The predicted octanol–water partition coefficient (Wildman–Crippen LogP) is 8.06. The van der Waals surface area contributed by atoms with Gasteiger partial charge in [0.25, 0.3) is 0 Å². The van der Waals surface area contributed by atoms with Crippen molar-refractivity contribution in [2.75, 3.05) is 18.0 Å². The van der Waals surface area contributed by atoms with E-state index < -0.39 is 6.03 Å². The van der Waals surface area contributed by atoms with Gasteiger partial charge >= 0.3 is 12.1 Å². The molecule has 0 bridgehead atoms. The van der Waals surface area contributed by atoms with Gasteiger partial charge in [-0.3, -0.25) is 10.4 Å². The summed E-state index contributed by atoms with van der Waals surface area (Å²) in [6.07, 6.45) is 10.2. The van der Waals surface area contributed by atoms with Crippen LogP contribution in [0.4, 0.5) is 15.3 Å². The number of nitrogens with zero attached hydrogens (tertiary/aromatic N) is 6. The summed E-state index contributed by atoms with van der Waals surface area (Å²) in [5.41, 5.74) is 9.96. The average Bonchev–Trinajstić information content (AvgIpc) is 3.73. The van der Waals surface area contributed by atoms with Gasteiger partial charge in [0.1, 0.15) is 17.3 Å². The van der Waals surface area contributed by atoms with Crippen LogP contribution in [-0.4, -0.2) is 65.4 Å². The zero-order chi connectivity index (χ0) is 38.1. The van der Waals surface area contributed by atoms with E-state index in [9.17, 15) is 19.8 Å². The summed E-state index contributed by atoms with van der Waals surface area (Å²) in [7, 11) is 0. The Morgan fingerprint density at radius 3 is 2.52 bits per heavy atom. The smallest absolute Gasteiger partial charge is 0.345 e. The number of amidine groups is 1. The predicted molar refractivity (Wildman–Crippen MR) is 215 cm³/mol. The highest BCUT2D eigenvalue weighted by Gasteiger charge is 2.27. The van der Waals surface area contributed by atoms with Crippen molar-refractivity contribution in [1.29, 1.82) is 5.41 Å². The Hall–Kier alpha value is -6.08. The van der Waals surface area contributed by atoms with Gasteiger partial charge in [-0.25, -0.2) is 14.5 Å². The number of nitrogens with one attached hydrogen (secondary N) is 1. The molecule has 0 radical (unpaired) electrons. The van der Waals surface area contributed by atoms with E-state index in [1.165, 1.54) is 16.8 Å². The van der Waals surface area contributed by atoms with Crippen LogP contribution in [0.15, 0.2) is 90.1 Å². The van der Waals surface area contributed by atoms with Crippen LogP contribution in [0.5, 0.6) is 11.5 Å². The quantitative estimate of drug-likeness (QED) is 0.0601. The van der Waals surface area contributed by atoms with Gasteiger partial charge in [0.2, 0.25) is 0 Å². The summed E-state index contributed by atoms with van der Waals surface area (Å²) in [5.74, 6) is -0.343. The highest BCUT2D eigenvalue weighted by molar-refractivity contribution is 7.80. The fraction of sp³-hybridized carbons (Fsp3) is 0.244. The summed E-state index contributed by atoms with van der Waals surface area (Å²) in [6.45, 7) is 5.80. The average molecular weight is 743 g/mol. The van der Waals surface area contributed by atoms with Crippen molar-refractivity contribution in [3.63, 3.8) is 0 Å². The van der Waals surface area contributed by atoms with Gasteiger partial charge in [-0.2, -0.15) is 9.78 Å². The third kappa shape index (κ3) is 7.27. The molecule has 1 fully saturated rings. The minimum absolute atomic E-state index is 0.0739. The van der Waals surface area contributed by atoms with Crippen molar-refractivity contribution in [3.8, 4) is 11.5 Å². The van der Waals surface area contributed by atoms with E-state index in [0.29, 0.717) is 41.5 Å². The molecule has 276 valence electrons. The van der Waals surface area contributed by atoms with Crippen molar-refractivity contribution >= 4 is 70.2 Å². The fourth-order valence-corrected chi connectivity index (χ4v) is 7.36. The Morgan fingerprint density at radius 1 is 1.00 bits per heavy atom. The minimum Gasteiger partial charge on any atom is -0.508 e. The Balaban J connectivity index is 1.01. The largest absolute Gasteiger partial charge is 0.508 e. The van der Waals surface area contributed by atoms with E-state index in [1.807, 2.05) is 85.6 Å². The highest BCUT2D eigenvalue weighted by atomic mass is 32.1. The van der Waals surface area contributed by atoms with Crippen molar-refractivity contribution in [2.45, 2.75) is 50.5 Å². The Labute approximate surface area is 318 Å². The number of hydrogen-bond acceptors (Lipinski definition) is 8. The molecule has 5 N–H and O–H groups in total. The third-order valence-corrected chi connectivity index (χ3v) is 10.4. The van der Waals surface area contributed by atoms with E-state index in [4.69, 9.17) is 16.2 Å². The lowest BCUT2D eigenvalue weighted by Crippen LogP contribution is -2.41. The zero-order valence-electron chi connectivity index (χ0n) is 30.1. The number of anilines is 1. The van der Waals surface area contributed by atoms with Crippen LogP contribution in [-0.2, 0) is 6.54 Å². The van der Waals surface area contributed by atoms with Crippen LogP contribution in [0.3, 0.4) is 0 Å². The van der Waals surface area contributed by atoms with Gasteiger partial charge in [-0.1, -0.05) is 19.9 Å². The number of aromatic nitrogens is 4. The number of primary amides is 1. The first-order chi connectivity index (χ1) is 26.0. The van der Waals surface area contributed by atoms with Crippen LogP contribution >= 0.6 is 12.6 Å². The summed E-state index contributed by atoms with van der Waals surface area (Å²) >= 11 is 4.52. The molecular formula is C41H42N8O4S. The number of phenols is 2. The lowest BCUT2D eigenvalue weighted by molar-refractivity contribution is 0.166. The van der Waals surface area contributed by atoms with Gasteiger partial charge in [0.15, 0.2) is 0 Å². The number of likely N-dealkylation sites (tertiary alicyclic amines) is 1. The molecule has 4 heterocycles. The highest BCUT2D eigenvalue weighted by Crippen LogP contribution is 2.34. The molecule has 3 amide bonds. The Bertz CT molecular complexity index is 2410. The summed E-state index contributed by atoms with van der Waals surface area (Å²) in [6, 6.07) is 20.5. The fourth-order valence-electron chi connectivity index (χ4n) is 7.16. The molecule has 0 spiro atoms. The second-order valence-corrected chi connectivity index (χ2v) is 14.5. The minimum atomic E-state index is -0.868. The molecule has 12 nitrogen and oxygen atoms in total. The van der Waals surface area contributed by atoms with E-state index in [-0.39, 0.29) is 34.8 Å². The maximum absolute atomic E-state index is 13.8. The number of fused-ring (bicyclic) bond motifs is 2. The maximum Gasteiger partial charge on any atom is 0.345 e. The van der Waals surface area contributed by atoms with Crippen molar-refractivity contribution < 1.29 is 19.8 Å². The summed E-state index contributed by atoms with van der Waals surface area (Å²) in [4.78, 5) is 34.5. The molecule has 1 aliphatic heterocycles. The number of rotatable bonds is 8. The van der Waals surface area contributed by atoms with E-state index in [2.05, 4.69) is 22.2 Å². The number of carbonyl (C=O) groups is 2. The van der Waals surface area contributed by atoms with Crippen molar-refractivity contribution in [1.82, 2.24) is 24.2 Å². The van der Waals surface area contributed by atoms with Gasteiger partial charge in [0.05, 0.1) is 28.2 Å². The lowest BCUT2D eigenvalue weighted by atomic mass is 9.93. The second kappa shape index (κ2) is 15.1. The molecule has 6 aromatic rings. The number of thiol groups is 1. The van der Waals surface area contributed by atoms with Crippen LogP contribution in [0, 0.1) is 11.3 Å². The van der Waals surface area contributed by atoms with Gasteiger partial charge in [0, 0.05) is 59.3 Å². The van der Waals surface area contributed by atoms with Gasteiger partial charge < -0.3 is 25.4 Å². The first-order valence-electron chi connectivity index (χ1n) is 17.9. The lowest BCUT2D eigenvalue weighted by Gasteiger charge is -2.32. The number of urea groups is 1. The number of piperidine rings is 1. The molecule has 7 rings (SSSR count). The topological polar surface area (TPSA) is 167 Å². The van der Waals surface area contributed by atoms with Crippen molar-refractivity contribution in [2.24, 2.45) is 11.7 Å².